The first kappa shape index (κ1) is 13.3. The molecular formula is C13H17N3O3. The largest absolute Gasteiger partial charge is 0.480 e. The Hall–Kier alpha value is -2.11. The Labute approximate surface area is 111 Å². The predicted molar refractivity (Wildman–Crippen MR) is 68.6 cm³/mol. The van der Waals surface area contributed by atoms with E-state index in [1.165, 1.54) is 0 Å². The number of urea groups is 1. The van der Waals surface area contributed by atoms with Gasteiger partial charge >= 0.3 is 12.0 Å². The fraction of sp³-hybridized carbons (Fsp3) is 0.462. The van der Waals surface area contributed by atoms with Crippen molar-refractivity contribution in [3.63, 3.8) is 0 Å². The van der Waals surface area contributed by atoms with Crippen molar-refractivity contribution in [3.8, 4) is 0 Å². The molecule has 1 saturated carbocycles. The van der Waals surface area contributed by atoms with Gasteiger partial charge in [0.1, 0.15) is 6.04 Å². The summed E-state index contributed by atoms with van der Waals surface area (Å²) in [6, 6.07) is 4.39. The molecule has 0 aromatic carbocycles. The van der Waals surface area contributed by atoms with E-state index in [9.17, 15) is 9.59 Å². The minimum Gasteiger partial charge on any atom is -0.480 e. The van der Waals surface area contributed by atoms with E-state index in [1.54, 1.807) is 6.20 Å². The summed E-state index contributed by atoms with van der Waals surface area (Å²) in [5.74, 6) is -0.888. The summed E-state index contributed by atoms with van der Waals surface area (Å²) in [6.07, 6.45) is 4.05. The van der Waals surface area contributed by atoms with E-state index >= 15 is 0 Å². The van der Waals surface area contributed by atoms with Crippen molar-refractivity contribution in [2.75, 3.05) is 6.54 Å². The van der Waals surface area contributed by atoms with Crippen LogP contribution >= 0.6 is 0 Å². The lowest BCUT2D eigenvalue weighted by Gasteiger charge is -2.14. The molecule has 6 heteroatoms. The van der Waals surface area contributed by atoms with Crippen molar-refractivity contribution in [2.24, 2.45) is 5.92 Å². The lowest BCUT2D eigenvalue weighted by Crippen LogP contribution is -2.47. The van der Waals surface area contributed by atoms with Crippen LogP contribution in [-0.2, 0) is 11.2 Å². The summed E-state index contributed by atoms with van der Waals surface area (Å²) < 4.78 is 0. The Morgan fingerprint density at radius 3 is 2.79 bits per heavy atom. The zero-order valence-electron chi connectivity index (χ0n) is 10.5. The number of carboxylic acids is 1. The van der Waals surface area contributed by atoms with Crippen LogP contribution in [0.4, 0.5) is 4.79 Å². The molecule has 1 aromatic heterocycles. The zero-order chi connectivity index (χ0) is 13.7. The molecule has 1 atom stereocenters. The van der Waals surface area contributed by atoms with E-state index < -0.39 is 18.0 Å². The molecule has 1 heterocycles. The number of amides is 2. The summed E-state index contributed by atoms with van der Waals surface area (Å²) in [6.45, 7) is 0.430. The Bertz CT molecular complexity index is 446. The summed E-state index contributed by atoms with van der Waals surface area (Å²) in [5.41, 5.74) is 0.889. The zero-order valence-corrected chi connectivity index (χ0v) is 10.5. The summed E-state index contributed by atoms with van der Waals surface area (Å²) in [7, 11) is 0. The number of hydrogen-bond donors (Lipinski definition) is 3. The molecule has 0 aliphatic heterocycles. The van der Waals surface area contributed by atoms with E-state index in [0.717, 1.165) is 18.5 Å². The maximum atomic E-state index is 11.6. The standard InChI is InChI=1S/C13H17N3O3/c17-12(18)11(9-4-5-9)16-13(19)15-8-6-10-3-1-2-7-14-10/h1-3,7,9,11H,4-6,8H2,(H,17,18)(H2,15,16,19). The third kappa shape index (κ3) is 4.24. The highest BCUT2D eigenvalue weighted by Gasteiger charge is 2.37. The summed E-state index contributed by atoms with van der Waals surface area (Å²) in [4.78, 5) is 26.7. The van der Waals surface area contributed by atoms with Gasteiger partial charge in [0.15, 0.2) is 0 Å². The Morgan fingerprint density at radius 2 is 2.21 bits per heavy atom. The van der Waals surface area contributed by atoms with E-state index in [2.05, 4.69) is 15.6 Å². The number of carboxylic acid groups (broad SMARTS) is 1. The van der Waals surface area contributed by atoms with Gasteiger partial charge in [-0.05, 0) is 30.9 Å². The number of pyridine rings is 1. The topological polar surface area (TPSA) is 91.3 Å². The molecule has 0 radical (unpaired) electrons. The lowest BCUT2D eigenvalue weighted by atomic mass is 10.2. The van der Waals surface area contributed by atoms with Crippen LogP contribution in [0.3, 0.4) is 0 Å². The van der Waals surface area contributed by atoms with Crippen LogP contribution in [0.1, 0.15) is 18.5 Å². The second-order valence-corrected chi connectivity index (χ2v) is 4.62. The van der Waals surface area contributed by atoms with Crippen LogP contribution in [0.5, 0.6) is 0 Å². The number of carbonyl (C=O) groups excluding carboxylic acids is 1. The van der Waals surface area contributed by atoms with E-state index in [-0.39, 0.29) is 5.92 Å². The minimum absolute atomic E-state index is 0.0824. The molecule has 6 nitrogen and oxygen atoms in total. The van der Waals surface area contributed by atoms with Crippen molar-refractivity contribution in [1.29, 1.82) is 0 Å². The summed E-state index contributed by atoms with van der Waals surface area (Å²) in [5, 5.41) is 14.1. The number of nitrogens with zero attached hydrogens (tertiary/aromatic N) is 1. The van der Waals surface area contributed by atoms with Crippen LogP contribution < -0.4 is 10.6 Å². The van der Waals surface area contributed by atoms with Crippen LogP contribution in [0.15, 0.2) is 24.4 Å². The maximum absolute atomic E-state index is 11.6. The molecule has 2 amide bonds. The van der Waals surface area contributed by atoms with Gasteiger partial charge in [0, 0.05) is 24.9 Å². The first-order valence-electron chi connectivity index (χ1n) is 6.34. The molecule has 2 rings (SSSR count). The van der Waals surface area contributed by atoms with Crippen LogP contribution in [0.25, 0.3) is 0 Å². The van der Waals surface area contributed by atoms with E-state index in [1.807, 2.05) is 18.2 Å². The number of aromatic nitrogens is 1. The summed E-state index contributed by atoms with van der Waals surface area (Å²) >= 11 is 0. The minimum atomic E-state index is -0.970. The third-order valence-corrected chi connectivity index (χ3v) is 3.04. The van der Waals surface area contributed by atoms with Crippen LogP contribution in [0, 0.1) is 5.92 Å². The molecule has 1 aliphatic rings. The normalized spacial score (nSPS) is 15.6. The van der Waals surface area contributed by atoms with Gasteiger partial charge in [-0.3, -0.25) is 4.98 Å². The van der Waals surface area contributed by atoms with Crippen molar-refractivity contribution < 1.29 is 14.7 Å². The molecule has 0 spiro atoms. The molecule has 3 N–H and O–H groups in total. The van der Waals surface area contributed by atoms with Gasteiger partial charge in [0.2, 0.25) is 0 Å². The molecular weight excluding hydrogens is 246 g/mol. The number of rotatable bonds is 6. The van der Waals surface area contributed by atoms with Crippen molar-refractivity contribution in [3.05, 3.63) is 30.1 Å². The van der Waals surface area contributed by atoms with Gasteiger partial charge in [-0.15, -0.1) is 0 Å². The first-order valence-corrected chi connectivity index (χ1v) is 6.34. The monoisotopic (exact) mass is 263 g/mol. The number of nitrogens with one attached hydrogen (secondary N) is 2. The third-order valence-electron chi connectivity index (χ3n) is 3.04. The van der Waals surface area contributed by atoms with Gasteiger partial charge in [0.05, 0.1) is 0 Å². The van der Waals surface area contributed by atoms with Gasteiger partial charge < -0.3 is 15.7 Å². The van der Waals surface area contributed by atoms with Crippen molar-refractivity contribution in [2.45, 2.75) is 25.3 Å². The van der Waals surface area contributed by atoms with Crippen molar-refractivity contribution >= 4 is 12.0 Å². The SMILES string of the molecule is O=C(NCCc1ccccn1)NC(C(=O)O)C1CC1. The highest BCUT2D eigenvalue weighted by atomic mass is 16.4. The molecule has 0 bridgehead atoms. The van der Waals surface area contributed by atoms with Crippen LogP contribution in [-0.4, -0.2) is 34.7 Å². The molecule has 102 valence electrons. The molecule has 0 saturated heterocycles. The quantitative estimate of drug-likeness (QED) is 0.707. The average Bonchev–Trinajstić information content (AvgIpc) is 3.21. The van der Waals surface area contributed by atoms with E-state index in [4.69, 9.17) is 5.11 Å². The van der Waals surface area contributed by atoms with Gasteiger partial charge in [-0.25, -0.2) is 9.59 Å². The highest BCUT2D eigenvalue weighted by Crippen LogP contribution is 2.32. The van der Waals surface area contributed by atoms with Gasteiger partial charge in [0.25, 0.3) is 0 Å². The number of carbonyl (C=O) groups is 2. The fourth-order valence-corrected chi connectivity index (χ4v) is 1.85. The van der Waals surface area contributed by atoms with Crippen molar-refractivity contribution in [1.82, 2.24) is 15.6 Å². The fourth-order valence-electron chi connectivity index (χ4n) is 1.85. The second-order valence-electron chi connectivity index (χ2n) is 4.62. The van der Waals surface area contributed by atoms with Crippen LogP contribution in [0.2, 0.25) is 0 Å². The molecule has 1 unspecified atom stereocenters. The maximum Gasteiger partial charge on any atom is 0.326 e. The van der Waals surface area contributed by atoms with Gasteiger partial charge in [-0.1, -0.05) is 6.07 Å². The van der Waals surface area contributed by atoms with Gasteiger partial charge in [-0.2, -0.15) is 0 Å². The predicted octanol–water partition coefficient (Wildman–Crippen LogP) is 0.786. The molecule has 19 heavy (non-hydrogen) atoms. The second kappa shape index (κ2) is 6.17. The Balaban J connectivity index is 1.71. The number of hydrogen-bond acceptors (Lipinski definition) is 3. The Morgan fingerprint density at radius 1 is 1.42 bits per heavy atom. The number of aliphatic carboxylic acids is 1. The average molecular weight is 263 g/mol. The smallest absolute Gasteiger partial charge is 0.326 e. The Kier molecular flexibility index (Phi) is 4.33. The molecule has 1 aliphatic carbocycles. The molecule has 1 aromatic rings. The lowest BCUT2D eigenvalue weighted by molar-refractivity contribution is -0.139. The van der Waals surface area contributed by atoms with E-state index in [0.29, 0.717) is 13.0 Å². The first-order chi connectivity index (χ1) is 9.16. The highest BCUT2D eigenvalue weighted by molar-refractivity contribution is 5.83. The molecule has 1 fully saturated rings.